The molecule has 2 aliphatic rings. The SMILES string of the molecule is CC1(CNC(=O)NCC2(C(=O)O)CCCC2)CCCCC1. The van der Waals surface area contributed by atoms with Gasteiger partial charge in [0.25, 0.3) is 0 Å². The maximum absolute atomic E-state index is 11.9. The third-order valence-electron chi connectivity index (χ3n) is 5.34. The van der Waals surface area contributed by atoms with E-state index in [2.05, 4.69) is 17.6 Å². The van der Waals surface area contributed by atoms with Gasteiger partial charge in [0.15, 0.2) is 0 Å². The summed E-state index contributed by atoms with van der Waals surface area (Å²) in [7, 11) is 0. The highest BCUT2D eigenvalue weighted by molar-refractivity contribution is 5.78. The van der Waals surface area contributed by atoms with Crippen LogP contribution in [-0.2, 0) is 4.79 Å². The van der Waals surface area contributed by atoms with Gasteiger partial charge < -0.3 is 15.7 Å². The molecule has 0 unspecified atom stereocenters. The van der Waals surface area contributed by atoms with Crippen LogP contribution in [0.25, 0.3) is 0 Å². The van der Waals surface area contributed by atoms with Crippen LogP contribution in [0.2, 0.25) is 0 Å². The number of aliphatic carboxylic acids is 1. The Morgan fingerprint density at radius 1 is 0.905 bits per heavy atom. The topological polar surface area (TPSA) is 78.4 Å². The second-order valence-electron chi connectivity index (χ2n) is 7.20. The molecule has 120 valence electrons. The predicted molar refractivity (Wildman–Crippen MR) is 81.1 cm³/mol. The molecule has 2 rings (SSSR count). The molecule has 0 spiro atoms. The molecule has 2 saturated carbocycles. The minimum Gasteiger partial charge on any atom is -0.481 e. The first-order chi connectivity index (χ1) is 9.96. The van der Waals surface area contributed by atoms with Crippen molar-refractivity contribution in [2.45, 2.75) is 64.7 Å². The molecule has 0 heterocycles. The van der Waals surface area contributed by atoms with Gasteiger partial charge >= 0.3 is 12.0 Å². The molecule has 5 heteroatoms. The summed E-state index contributed by atoms with van der Waals surface area (Å²) in [6.07, 6.45) is 9.30. The highest BCUT2D eigenvalue weighted by Gasteiger charge is 2.41. The smallest absolute Gasteiger partial charge is 0.314 e. The number of hydrogen-bond acceptors (Lipinski definition) is 2. The molecule has 0 radical (unpaired) electrons. The van der Waals surface area contributed by atoms with Gasteiger partial charge in [-0.25, -0.2) is 4.79 Å². The predicted octanol–water partition coefficient (Wildman–Crippen LogP) is 2.90. The van der Waals surface area contributed by atoms with Gasteiger partial charge in [0.2, 0.25) is 0 Å². The summed E-state index contributed by atoms with van der Waals surface area (Å²) in [5, 5.41) is 15.1. The lowest BCUT2D eigenvalue weighted by Gasteiger charge is -2.33. The molecule has 0 aliphatic heterocycles. The van der Waals surface area contributed by atoms with Crippen LogP contribution in [0.3, 0.4) is 0 Å². The van der Waals surface area contributed by atoms with Gasteiger partial charge in [-0.15, -0.1) is 0 Å². The molecule has 2 fully saturated rings. The van der Waals surface area contributed by atoms with E-state index in [9.17, 15) is 14.7 Å². The maximum atomic E-state index is 11.9. The van der Waals surface area contributed by atoms with Gasteiger partial charge in [0, 0.05) is 13.1 Å². The lowest BCUT2D eigenvalue weighted by atomic mass is 9.76. The van der Waals surface area contributed by atoms with E-state index in [-0.39, 0.29) is 18.0 Å². The molecule has 21 heavy (non-hydrogen) atoms. The summed E-state index contributed by atoms with van der Waals surface area (Å²) in [6.45, 7) is 3.14. The summed E-state index contributed by atoms with van der Waals surface area (Å²) < 4.78 is 0. The number of hydrogen-bond donors (Lipinski definition) is 3. The average molecular weight is 296 g/mol. The zero-order valence-corrected chi connectivity index (χ0v) is 13.0. The van der Waals surface area contributed by atoms with Crippen molar-refractivity contribution in [1.29, 1.82) is 0 Å². The Morgan fingerprint density at radius 2 is 1.43 bits per heavy atom. The normalized spacial score (nSPS) is 23.5. The summed E-state index contributed by atoms with van der Waals surface area (Å²) in [5.74, 6) is -0.778. The van der Waals surface area contributed by atoms with Gasteiger partial charge in [-0.1, -0.05) is 39.0 Å². The van der Waals surface area contributed by atoms with Crippen LogP contribution in [0, 0.1) is 10.8 Å². The summed E-state index contributed by atoms with van der Waals surface area (Å²) >= 11 is 0. The highest BCUT2D eigenvalue weighted by atomic mass is 16.4. The van der Waals surface area contributed by atoms with Crippen molar-refractivity contribution in [3.8, 4) is 0 Å². The van der Waals surface area contributed by atoms with Gasteiger partial charge in [0.05, 0.1) is 5.41 Å². The number of urea groups is 1. The van der Waals surface area contributed by atoms with Crippen molar-refractivity contribution in [2.24, 2.45) is 10.8 Å². The Hall–Kier alpha value is -1.26. The molecule has 0 atom stereocenters. The third kappa shape index (κ3) is 4.11. The Bertz CT molecular complexity index is 383. The standard InChI is InChI=1S/C16H28N2O3/c1-15(7-3-2-4-8-15)11-17-14(21)18-12-16(13(19)20)9-5-6-10-16/h2-12H2,1H3,(H,19,20)(H2,17,18,21). The Labute approximate surface area is 126 Å². The lowest BCUT2D eigenvalue weighted by molar-refractivity contribution is -0.148. The second-order valence-corrected chi connectivity index (χ2v) is 7.20. The van der Waals surface area contributed by atoms with Crippen LogP contribution in [0.4, 0.5) is 4.79 Å². The van der Waals surface area contributed by atoms with Crippen LogP contribution in [-0.4, -0.2) is 30.2 Å². The van der Waals surface area contributed by atoms with Gasteiger partial charge in [-0.05, 0) is 31.1 Å². The fourth-order valence-electron chi connectivity index (χ4n) is 3.71. The first kappa shape index (κ1) is 16.1. The van der Waals surface area contributed by atoms with E-state index in [1.165, 1.54) is 19.3 Å². The second kappa shape index (κ2) is 6.67. The average Bonchev–Trinajstić information content (AvgIpc) is 2.94. The summed E-state index contributed by atoms with van der Waals surface area (Å²) in [4.78, 5) is 23.4. The first-order valence-corrected chi connectivity index (χ1v) is 8.21. The minimum absolute atomic E-state index is 0.202. The molecule has 2 aliphatic carbocycles. The van der Waals surface area contributed by atoms with Crippen molar-refractivity contribution in [2.75, 3.05) is 13.1 Å². The maximum Gasteiger partial charge on any atom is 0.314 e. The highest BCUT2D eigenvalue weighted by Crippen LogP contribution is 2.38. The number of carboxylic acid groups (broad SMARTS) is 1. The minimum atomic E-state index is -0.778. The number of carbonyl (C=O) groups excluding carboxylic acids is 1. The third-order valence-corrected chi connectivity index (χ3v) is 5.34. The molecule has 0 aromatic rings. The van der Waals surface area contributed by atoms with Crippen molar-refractivity contribution >= 4 is 12.0 Å². The lowest BCUT2D eigenvalue weighted by Crippen LogP contribution is -2.47. The van der Waals surface area contributed by atoms with Gasteiger partial charge in [-0.2, -0.15) is 0 Å². The number of carboxylic acids is 1. The van der Waals surface area contributed by atoms with Gasteiger partial charge in [0.1, 0.15) is 0 Å². The molecule has 0 aromatic heterocycles. The van der Waals surface area contributed by atoms with E-state index in [1.54, 1.807) is 0 Å². The molecule has 0 saturated heterocycles. The quantitative estimate of drug-likeness (QED) is 0.730. The van der Waals surface area contributed by atoms with E-state index in [4.69, 9.17) is 0 Å². The van der Waals surface area contributed by atoms with E-state index < -0.39 is 11.4 Å². The van der Waals surface area contributed by atoms with Crippen molar-refractivity contribution in [3.05, 3.63) is 0 Å². The summed E-state index contributed by atoms with van der Waals surface area (Å²) in [6, 6.07) is -0.227. The Kier molecular flexibility index (Phi) is 5.12. The number of nitrogens with one attached hydrogen (secondary N) is 2. The Balaban J connectivity index is 1.75. The largest absolute Gasteiger partial charge is 0.481 e. The summed E-state index contributed by atoms with van der Waals surface area (Å²) in [5.41, 5.74) is -0.542. The van der Waals surface area contributed by atoms with Crippen molar-refractivity contribution in [1.82, 2.24) is 10.6 Å². The van der Waals surface area contributed by atoms with Crippen LogP contribution in [0.15, 0.2) is 0 Å². The monoisotopic (exact) mass is 296 g/mol. The van der Waals surface area contributed by atoms with E-state index in [1.807, 2.05) is 0 Å². The van der Waals surface area contributed by atoms with Crippen LogP contribution in [0.5, 0.6) is 0 Å². The number of carbonyl (C=O) groups is 2. The molecule has 2 amide bonds. The number of amides is 2. The fourth-order valence-corrected chi connectivity index (χ4v) is 3.71. The van der Waals surface area contributed by atoms with Gasteiger partial charge in [-0.3, -0.25) is 4.79 Å². The zero-order valence-electron chi connectivity index (χ0n) is 13.0. The van der Waals surface area contributed by atoms with E-state index in [0.717, 1.165) is 25.7 Å². The van der Waals surface area contributed by atoms with Crippen LogP contribution < -0.4 is 10.6 Å². The number of rotatable bonds is 5. The van der Waals surface area contributed by atoms with Crippen molar-refractivity contribution < 1.29 is 14.7 Å². The fraction of sp³-hybridized carbons (Fsp3) is 0.875. The van der Waals surface area contributed by atoms with E-state index in [0.29, 0.717) is 19.4 Å². The van der Waals surface area contributed by atoms with Crippen LogP contribution >= 0.6 is 0 Å². The molecule has 3 N–H and O–H groups in total. The molecule has 0 aromatic carbocycles. The molecule has 5 nitrogen and oxygen atoms in total. The zero-order chi connectivity index (χ0) is 15.3. The molecule has 0 bridgehead atoms. The van der Waals surface area contributed by atoms with Crippen LogP contribution in [0.1, 0.15) is 64.7 Å². The molecular formula is C16H28N2O3. The molecular weight excluding hydrogens is 268 g/mol. The van der Waals surface area contributed by atoms with E-state index >= 15 is 0 Å². The Morgan fingerprint density at radius 3 is 2.00 bits per heavy atom. The first-order valence-electron chi connectivity index (χ1n) is 8.21. The van der Waals surface area contributed by atoms with Crippen molar-refractivity contribution in [3.63, 3.8) is 0 Å².